The number of rotatable bonds is 3. The van der Waals surface area contributed by atoms with Gasteiger partial charge in [0, 0.05) is 38.0 Å². The predicted octanol–water partition coefficient (Wildman–Crippen LogP) is 1.78. The molecule has 1 aromatic carbocycles. The smallest absolute Gasteiger partial charge is 0.220 e. The van der Waals surface area contributed by atoms with E-state index in [2.05, 4.69) is 40.7 Å². The monoisotopic (exact) mass is 356 g/mol. The molecule has 1 atom stereocenters. The number of hydrogen-bond acceptors (Lipinski definition) is 3. The van der Waals surface area contributed by atoms with Crippen LogP contribution >= 0.6 is 0 Å². The molecule has 6 nitrogen and oxygen atoms in total. The first-order valence-electron chi connectivity index (χ1n) is 9.66. The Labute approximate surface area is 155 Å². The van der Waals surface area contributed by atoms with Crippen LogP contribution in [-0.2, 0) is 29.3 Å². The zero-order valence-corrected chi connectivity index (χ0v) is 15.5. The van der Waals surface area contributed by atoms with E-state index in [0.29, 0.717) is 19.6 Å². The number of hydrogen-bond donors (Lipinski definition) is 2. The number of carbonyl (C=O) groups is 1. The van der Waals surface area contributed by atoms with Gasteiger partial charge in [-0.2, -0.15) is 0 Å². The summed E-state index contributed by atoms with van der Waals surface area (Å²) in [5.74, 6) is 1.15. The maximum Gasteiger partial charge on any atom is 0.220 e. The van der Waals surface area contributed by atoms with E-state index < -0.39 is 0 Å². The third-order valence-electron chi connectivity index (χ3n) is 5.69. The fourth-order valence-corrected chi connectivity index (χ4v) is 4.34. The Bertz CT molecular complexity index is 718. The van der Waals surface area contributed by atoms with Crippen LogP contribution < -0.4 is 10.6 Å². The summed E-state index contributed by atoms with van der Waals surface area (Å²) in [5, 5.41) is 6.45. The van der Waals surface area contributed by atoms with E-state index in [1.54, 1.807) is 0 Å². The van der Waals surface area contributed by atoms with Crippen LogP contribution in [-0.4, -0.2) is 42.9 Å². The highest BCUT2D eigenvalue weighted by molar-refractivity contribution is 5.81. The molecule has 140 valence electrons. The Kier molecular flexibility index (Phi) is 4.85. The largest absolute Gasteiger partial charge is 0.372 e. The lowest BCUT2D eigenvalue weighted by Gasteiger charge is -2.40. The Morgan fingerprint density at radius 2 is 2.27 bits per heavy atom. The van der Waals surface area contributed by atoms with Gasteiger partial charge in [0.25, 0.3) is 0 Å². The normalized spacial score (nSPS) is 25.5. The number of benzene rings is 1. The molecule has 0 bridgehead atoms. The molecule has 2 saturated heterocycles. The van der Waals surface area contributed by atoms with Crippen molar-refractivity contribution in [2.45, 2.75) is 45.9 Å². The van der Waals surface area contributed by atoms with Crippen molar-refractivity contribution in [3.05, 3.63) is 34.9 Å². The van der Waals surface area contributed by atoms with Gasteiger partial charge in [-0.15, -0.1) is 0 Å². The first-order chi connectivity index (χ1) is 12.7. The molecule has 26 heavy (non-hydrogen) atoms. The number of nitrogens with one attached hydrogen (secondary N) is 2. The van der Waals surface area contributed by atoms with E-state index >= 15 is 0 Å². The van der Waals surface area contributed by atoms with Gasteiger partial charge >= 0.3 is 0 Å². The van der Waals surface area contributed by atoms with Crippen LogP contribution in [0.25, 0.3) is 0 Å². The second-order valence-corrected chi connectivity index (χ2v) is 7.74. The van der Waals surface area contributed by atoms with Crippen molar-refractivity contribution in [3.8, 4) is 0 Å². The van der Waals surface area contributed by atoms with Crippen molar-refractivity contribution in [2.75, 3.05) is 26.2 Å². The van der Waals surface area contributed by atoms with Crippen molar-refractivity contribution in [1.29, 1.82) is 0 Å². The summed E-state index contributed by atoms with van der Waals surface area (Å²) < 4.78 is 5.50. The number of amides is 1. The van der Waals surface area contributed by atoms with Gasteiger partial charge in [0.05, 0.1) is 19.8 Å². The van der Waals surface area contributed by atoms with E-state index in [9.17, 15) is 4.79 Å². The minimum absolute atomic E-state index is 0.0798. The molecule has 0 radical (unpaired) electrons. The highest BCUT2D eigenvalue weighted by atomic mass is 16.5. The lowest BCUT2D eigenvalue weighted by Crippen LogP contribution is -2.51. The molecule has 4 rings (SSSR count). The van der Waals surface area contributed by atoms with Crippen LogP contribution in [0.2, 0.25) is 0 Å². The van der Waals surface area contributed by atoms with Crippen LogP contribution in [0.3, 0.4) is 0 Å². The molecule has 1 amide bonds. The second kappa shape index (κ2) is 7.27. The number of guanidine groups is 1. The number of nitrogens with zero attached hydrogens (tertiary/aromatic N) is 2. The molecular formula is C20H28N4O2. The average molecular weight is 356 g/mol. The Morgan fingerprint density at radius 1 is 1.38 bits per heavy atom. The van der Waals surface area contributed by atoms with Crippen LogP contribution in [0.15, 0.2) is 23.2 Å². The van der Waals surface area contributed by atoms with Crippen molar-refractivity contribution in [2.24, 2.45) is 10.4 Å². The highest BCUT2D eigenvalue weighted by Gasteiger charge is 2.42. The maximum atomic E-state index is 11.7. The first kappa shape index (κ1) is 17.3. The highest BCUT2D eigenvalue weighted by Crippen LogP contribution is 2.36. The fourth-order valence-electron chi connectivity index (χ4n) is 4.34. The maximum absolute atomic E-state index is 11.7. The summed E-state index contributed by atoms with van der Waals surface area (Å²) >= 11 is 0. The lowest BCUT2D eigenvalue weighted by atomic mass is 9.79. The SMILES string of the molecule is CCNC(=NCc1ccc2c(c1)COC2)N1CCCC2(CNC(=O)C2)C1. The van der Waals surface area contributed by atoms with E-state index in [-0.39, 0.29) is 11.3 Å². The third-order valence-corrected chi connectivity index (χ3v) is 5.69. The van der Waals surface area contributed by atoms with Gasteiger partial charge in [-0.1, -0.05) is 18.2 Å². The van der Waals surface area contributed by atoms with Gasteiger partial charge in [0.2, 0.25) is 5.91 Å². The second-order valence-electron chi connectivity index (χ2n) is 7.74. The van der Waals surface area contributed by atoms with Gasteiger partial charge in [0.15, 0.2) is 5.96 Å². The van der Waals surface area contributed by atoms with Gasteiger partial charge in [-0.05, 0) is 36.5 Å². The molecule has 1 aromatic rings. The molecule has 0 aromatic heterocycles. The minimum Gasteiger partial charge on any atom is -0.372 e. The number of aliphatic imine (C=N–C) groups is 1. The number of piperidine rings is 1. The number of fused-ring (bicyclic) bond motifs is 1. The van der Waals surface area contributed by atoms with Gasteiger partial charge in [-0.3, -0.25) is 4.79 Å². The molecular weight excluding hydrogens is 328 g/mol. The van der Waals surface area contributed by atoms with Crippen LogP contribution in [0.1, 0.15) is 42.9 Å². The fraction of sp³-hybridized carbons (Fsp3) is 0.600. The molecule has 2 N–H and O–H groups in total. The van der Waals surface area contributed by atoms with E-state index in [1.807, 2.05) is 0 Å². The van der Waals surface area contributed by atoms with Crippen molar-refractivity contribution in [3.63, 3.8) is 0 Å². The summed E-state index contributed by atoms with van der Waals surface area (Å²) in [7, 11) is 0. The topological polar surface area (TPSA) is 66.0 Å². The van der Waals surface area contributed by atoms with Gasteiger partial charge in [-0.25, -0.2) is 4.99 Å². The zero-order valence-electron chi connectivity index (χ0n) is 15.5. The number of carbonyl (C=O) groups excluding carboxylic acids is 1. The van der Waals surface area contributed by atoms with Crippen molar-refractivity contribution in [1.82, 2.24) is 15.5 Å². The first-order valence-corrected chi connectivity index (χ1v) is 9.66. The average Bonchev–Trinajstić information content (AvgIpc) is 3.25. The molecule has 1 spiro atoms. The van der Waals surface area contributed by atoms with Crippen molar-refractivity contribution >= 4 is 11.9 Å². The zero-order chi connectivity index (χ0) is 18.0. The quantitative estimate of drug-likeness (QED) is 0.640. The molecule has 1 unspecified atom stereocenters. The molecule has 6 heteroatoms. The third kappa shape index (κ3) is 3.56. The molecule has 3 heterocycles. The van der Waals surface area contributed by atoms with E-state index in [1.165, 1.54) is 16.7 Å². The summed E-state index contributed by atoms with van der Waals surface area (Å²) in [6.07, 6.45) is 2.87. The van der Waals surface area contributed by atoms with Crippen LogP contribution in [0.4, 0.5) is 0 Å². The van der Waals surface area contributed by atoms with Crippen LogP contribution in [0, 0.1) is 5.41 Å². The molecule has 0 saturated carbocycles. The molecule has 3 aliphatic heterocycles. The predicted molar refractivity (Wildman–Crippen MR) is 101 cm³/mol. The Balaban J connectivity index is 1.48. The van der Waals surface area contributed by atoms with Gasteiger partial charge in [0.1, 0.15) is 0 Å². The summed E-state index contributed by atoms with van der Waals surface area (Å²) in [6.45, 7) is 7.74. The number of ether oxygens (including phenoxy) is 1. The lowest BCUT2D eigenvalue weighted by molar-refractivity contribution is -0.119. The van der Waals surface area contributed by atoms with E-state index in [0.717, 1.165) is 51.6 Å². The molecule has 0 aliphatic carbocycles. The van der Waals surface area contributed by atoms with Crippen molar-refractivity contribution < 1.29 is 9.53 Å². The standard InChI is InChI=1S/C20H28N4O2/c1-2-21-19(22-10-15-4-5-16-11-26-12-17(16)8-15)24-7-3-6-20(14-24)9-18(25)23-13-20/h4-5,8H,2-3,6-7,9-14H2,1H3,(H,21,22)(H,23,25). The summed E-state index contributed by atoms with van der Waals surface area (Å²) in [5.41, 5.74) is 3.88. The Hall–Kier alpha value is -2.08. The minimum atomic E-state index is 0.0798. The van der Waals surface area contributed by atoms with Gasteiger partial charge < -0.3 is 20.3 Å². The van der Waals surface area contributed by atoms with E-state index in [4.69, 9.17) is 9.73 Å². The van der Waals surface area contributed by atoms with Crippen LogP contribution in [0.5, 0.6) is 0 Å². The molecule has 2 fully saturated rings. The Morgan fingerprint density at radius 3 is 3.08 bits per heavy atom. The number of likely N-dealkylation sites (tertiary alicyclic amines) is 1. The summed E-state index contributed by atoms with van der Waals surface area (Å²) in [6, 6.07) is 6.52. The summed E-state index contributed by atoms with van der Waals surface area (Å²) in [4.78, 5) is 19.0. The molecule has 3 aliphatic rings.